The third kappa shape index (κ3) is 2.13. The molecule has 2 nitrogen and oxygen atoms in total. The topological polar surface area (TPSA) is 38.9 Å². The van der Waals surface area contributed by atoms with Crippen LogP contribution in [0.4, 0.5) is 10.2 Å². The molecule has 2 N–H and O–H groups in total. The number of hydrogen-bond donors (Lipinski definition) is 1. The van der Waals surface area contributed by atoms with Crippen LogP contribution in [0.3, 0.4) is 0 Å². The fourth-order valence-electron chi connectivity index (χ4n) is 1.85. The second kappa shape index (κ2) is 4.08. The quantitative estimate of drug-likeness (QED) is 0.841. The Balaban J connectivity index is 2.56. The van der Waals surface area contributed by atoms with Crippen LogP contribution in [0, 0.1) is 11.7 Å². The first kappa shape index (κ1) is 10.9. The molecule has 0 saturated heterocycles. The molecular weight excluding hydrogens is 203 g/mol. The van der Waals surface area contributed by atoms with Gasteiger partial charge in [-0.25, -0.2) is 9.37 Å². The van der Waals surface area contributed by atoms with Gasteiger partial charge in [-0.05, 0) is 42.2 Å². The Morgan fingerprint density at radius 2 is 2.06 bits per heavy atom. The lowest BCUT2D eigenvalue weighted by Crippen LogP contribution is -1.97. The van der Waals surface area contributed by atoms with E-state index in [9.17, 15) is 4.39 Å². The van der Waals surface area contributed by atoms with Crippen molar-refractivity contribution in [2.24, 2.45) is 5.92 Å². The lowest BCUT2D eigenvalue weighted by molar-refractivity contribution is 0.621. The summed E-state index contributed by atoms with van der Waals surface area (Å²) < 4.78 is 13.7. The molecule has 0 aliphatic carbocycles. The van der Waals surface area contributed by atoms with Crippen molar-refractivity contribution in [3.05, 3.63) is 35.6 Å². The molecule has 0 aliphatic heterocycles. The van der Waals surface area contributed by atoms with E-state index in [1.807, 2.05) is 6.07 Å². The van der Waals surface area contributed by atoms with Crippen molar-refractivity contribution in [3.63, 3.8) is 0 Å². The van der Waals surface area contributed by atoms with Crippen molar-refractivity contribution >= 4 is 16.7 Å². The summed E-state index contributed by atoms with van der Waals surface area (Å²) in [5, 5.41) is 0.529. The fourth-order valence-corrected chi connectivity index (χ4v) is 1.85. The molecule has 0 atom stereocenters. The molecule has 16 heavy (non-hydrogen) atoms. The van der Waals surface area contributed by atoms with Gasteiger partial charge in [0.05, 0.1) is 5.52 Å². The number of aromatic nitrogens is 1. The van der Waals surface area contributed by atoms with Crippen LogP contribution in [0.25, 0.3) is 10.9 Å². The number of anilines is 1. The molecule has 0 fully saturated rings. The number of hydrogen-bond acceptors (Lipinski definition) is 2. The third-order valence-electron chi connectivity index (χ3n) is 2.48. The number of nitrogens with two attached hydrogens (primary N) is 1. The summed E-state index contributed by atoms with van der Waals surface area (Å²) in [4.78, 5) is 4.14. The molecule has 0 bridgehead atoms. The fraction of sp³-hybridized carbons (Fsp3) is 0.308. The van der Waals surface area contributed by atoms with Crippen LogP contribution in [0.5, 0.6) is 0 Å². The van der Waals surface area contributed by atoms with E-state index in [0.717, 1.165) is 12.0 Å². The van der Waals surface area contributed by atoms with Gasteiger partial charge in [-0.15, -0.1) is 0 Å². The van der Waals surface area contributed by atoms with Crippen LogP contribution in [0.15, 0.2) is 24.3 Å². The Morgan fingerprint density at radius 1 is 1.31 bits per heavy atom. The van der Waals surface area contributed by atoms with Gasteiger partial charge in [0.1, 0.15) is 11.6 Å². The molecule has 0 unspecified atom stereocenters. The van der Waals surface area contributed by atoms with Gasteiger partial charge in [0.25, 0.3) is 0 Å². The van der Waals surface area contributed by atoms with Crippen molar-refractivity contribution in [2.45, 2.75) is 20.3 Å². The van der Waals surface area contributed by atoms with E-state index < -0.39 is 0 Å². The van der Waals surface area contributed by atoms with Gasteiger partial charge in [-0.3, -0.25) is 0 Å². The molecule has 3 heteroatoms. The van der Waals surface area contributed by atoms with Gasteiger partial charge in [-0.2, -0.15) is 0 Å². The molecule has 0 saturated carbocycles. The summed E-state index contributed by atoms with van der Waals surface area (Å²) in [6.07, 6.45) is 0.851. The molecule has 2 rings (SSSR count). The number of pyridine rings is 1. The number of nitrogen functional groups attached to an aromatic ring is 1. The highest BCUT2D eigenvalue weighted by Gasteiger charge is 2.06. The normalized spacial score (nSPS) is 11.2. The minimum absolute atomic E-state index is 0.222. The zero-order chi connectivity index (χ0) is 11.7. The SMILES string of the molecule is CC(C)Cc1cc(F)c2ccc(N)nc2c1. The number of nitrogens with zero attached hydrogens (tertiary/aromatic N) is 1. The molecule has 2 aromatic rings. The molecule has 0 spiro atoms. The summed E-state index contributed by atoms with van der Waals surface area (Å²) in [7, 11) is 0. The Labute approximate surface area is 94.3 Å². The maximum absolute atomic E-state index is 13.7. The Morgan fingerprint density at radius 3 is 2.75 bits per heavy atom. The van der Waals surface area contributed by atoms with Gasteiger partial charge in [0.15, 0.2) is 0 Å². The van der Waals surface area contributed by atoms with E-state index in [0.29, 0.717) is 22.6 Å². The molecule has 0 radical (unpaired) electrons. The minimum atomic E-state index is -0.222. The van der Waals surface area contributed by atoms with Crippen molar-refractivity contribution in [1.29, 1.82) is 0 Å². The van der Waals surface area contributed by atoms with E-state index in [1.54, 1.807) is 18.2 Å². The minimum Gasteiger partial charge on any atom is -0.384 e. The molecule has 0 amide bonds. The van der Waals surface area contributed by atoms with E-state index >= 15 is 0 Å². The van der Waals surface area contributed by atoms with Crippen LogP contribution in [0.1, 0.15) is 19.4 Å². The summed E-state index contributed by atoms with van der Waals surface area (Å²) in [5.41, 5.74) is 7.20. The number of benzene rings is 1. The highest BCUT2D eigenvalue weighted by molar-refractivity contribution is 5.81. The smallest absolute Gasteiger partial charge is 0.132 e. The van der Waals surface area contributed by atoms with Gasteiger partial charge < -0.3 is 5.73 Å². The van der Waals surface area contributed by atoms with E-state index in [1.165, 1.54) is 0 Å². The summed E-state index contributed by atoms with van der Waals surface area (Å²) in [6.45, 7) is 4.21. The van der Waals surface area contributed by atoms with Crippen LogP contribution >= 0.6 is 0 Å². The average Bonchev–Trinajstić information content (AvgIpc) is 2.15. The molecule has 1 aromatic heterocycles. The lowest BCUT2D eigenvalue weighted by atomic mass is 10.0. The number of halogens is 1. The highest BCUT2D eigenvalue weighted by Crippen LogP contribution is 2.21. The van der Waals surface area contributed by atoms with Crippen molar-refractivity contribution in [3.8, 4) is 0 Å². The molecule has 1 heterocycles. The van der Waals surface area contributed by atoms with Crippen molar-refractivity contribution in [1.82, 2.24) is 4.98 Å². The molecular formula is C13H15FN2. The van der Waals surface area contributed by atoms with Gasteiger partial charge in [0.2, 0.25) is 0 Å². The van der Waals surface area contributed by atoms with Crippen molar-refractivity contribution in [2.75, 3.05) is 5.73 Å². The number of rotatable bonds is 2. The zero-order valence-electron chi connectivity index (χ0n) is 9.50. The van der Waals surface area contributed by atoms with Gasteiger partial charge in [0, 0.05) is 5.39 Å². The maximum Gasteiger partial charge on any atom is 0.132 e. The van der Waals surface area contributed by atoms with Crippen LogP contribution in [-0.2, 0) is 6.42 Å². The van der Waals surface area contributed by atoms with Gasteiger partial charge >= 0.3 is 0 Å². The second-order valence-electron chi connectivity index (χ2n) is 4.48. The predicted molar refractivity (Wildman–Crippen MR) is 64.7 cm³/mol. The summed E-state index contributed by atoms with van der Waals surface area (Å²) >= 11 is 0. The monoisotopic (exact) mass is 218 g/mol. The van der Waals surface area contributed by atoms with Gasteiger partial charge in [-0.1, -0.05) is 13.8 Å². The Bertz CT molecular complexity index is 521. The molecule has 0 aliphatic rings. The maximum atomic E-state index is 13.7. The first-order valence-corrected chi connectivity index (χ1v) is 5.41. The predicted octanol–water partition coefficient (Wildman–Crippen LogP) is 3.15. The van der Waals surface area contributed by atoms with E-state index in [2.05, 4.69) is 18.8 Å². The van der Waals surface area contributed by atoms with E-state index in [-0.39, 0.29) is 5.82 Å². The first-order valence-electron chi connectivity index (χ1n) is 5.41. The first-order chi connectivity index (χ1) is 7.56. The average molecular weight is 218 g/mol. The largest absolute Gasteiger partial charge is 0.384 e. The lowest BCUT2D eigenvalue weighted by Gasteiger charge is -2.07. The Hall–Kier alpha value is -1.64. The third-order valence-corrected chi connectivity index (χ3v) is 2.48. The summed E-state index contributed by atoms with van der Waals surface area (Å²) in [5.74, 6) is 0.701. The highest BCUT2D eigenvalue weighted by atomic mass is 19.1. The second-order valence-corrected chi connectivity index (χ2v) is 4.48. The summed E-state index contributed by atoms with van der Waals surface area (Å²) in [6, 6.07) is 6.79. The van der Waals surface area contributed by atoms with Crippen LogP contribution in [-0.4, -0.2) is 4.98 Å². The standard InChI is InChI=1S/C13H15FN2/c1-8(2)5-9-6-11(14)10-3-4-13(15)16-12(10)7-9/h3-4,6-8H,5H2,1-2H3,(H2,15,16). The van der Waals surface area contributed by atoms with Crippen molar-refractivity contribution < 1.29 is 4.39 Å². The molecule has 1 aromatic carbocycles. The van der Waals surface area contributed by atoms with Crippen LogP contribution in [0.2, 0.25) is 0 Å². The van der Waals surface area contributed by atoms with Crippen LogP contribution < -0.4 is 5.73 Å². The Kier molecular flexibility index (Phi) is 2.77. The van der Waals surface area contributed by atoms with E-state index in [4.69, 9.17) is 5.73 Å². The molecule has 84 valence electrons. The zero-order valence-corrected chi connectivity index (χ0v) is 9.50. The number of fused-ring (bicyclic) bond motifs is 1.